The monoisotopic (exact) mass is 218 g/mol. The van der Waals surface area contributed by atoms with E-state index >= 15 is 0 Å². The van der Waals surface area contributed by atoms with Crippen LogP contribution < -0.4 is 5.26 Å². The highest BCUT2D eigenvalue weighted by Gasteiger charge is 2.33. The minimum atomic E-state index is 0.595. The van der Waals surface area contributed by atoms with Gasteiger partial charge in [0.15, 0.2) is 0 Å². The second-order valence-electron chi connectivity index (χ2n) is 4.11. The number of rotatable bonds is 3. The minimum Gasteiger partial charge on any atom is -0.691 e. The lowest BCUT2D eigenvalue weighted by Gasteiger charge is -2.42. The fourth-order valence-corrected chi connectivity index (χ4v) is 3.42. The zero-order valence-electron chi connectivity index (χ0n) is 8.18. The summed E-state index contributed by atoms with van der Waals surface area (Å²) in [7, 11) is 0. The molecule has 2 fully saturated rings. The molecule has 2 unspecified atom stereocenters. The molecule has 2 atom stereocenters. The van der Waals surface area contributed by atoms with Crippen molar-refractivity contribution in [3.05, 3.63) is 0 Å². The van der Waals surface area contributed by atoms with Crippen molar-refractivity contribution in [3.63, 3.8) is 0 Å². The molecule has 1 heterocycles. The largest absolute Gasteiger partial charge is 0.691 e. The first-order valence-electron chi connectivity index (χ1n) is 5.32. The van der Waals surface area contributed by atoms with E-state index in [1.54, 1.807) is 0 Å². The van der Waals surface area contributed by atoms with Gasteiger partial charge in [-0.05, 0) is 31.6 Å². The van der Waals surface area contributed by atoms with Crippen molar-refractivity contribution >= 4 is 12.2 Å². The van der Waals surface area contributed by atoms with Gasteiger partial charge in [0.05, 0.1) is 0 Å². The summed E-state index contributed by atoms with van der Waals surface area (Å²) in [5, 5.41) is 13.2. The average Bonchev–Trinajstić information content (AvgIpc) is 2.26. The second-order valence-corrected chi connectivity index (χ2v) is 4.86. The molecule has 82 valence electrons. The zero-order chi connectivity index (χ0) is 9.80. The maximum absolute atomic E-state index is 9.76. The van der Waals surface area contributed by atoms with Gasteiger partial charge in [-0.25, -0.2) is 4.31 Å². The summed E-state index contributed by atoms with van der Waals surface area (Å²) >= 11 is 1.08. The first-order valence-corrected chi connectivity index (χ1v) is 6.01. The van der Waals surface area contributed by atoms with Gasteiger partial charge in [0.25, 0.3) is 0 Å². The van der Waals surface area contributed by atoms with Gasteiger partial charge >= 0.3 is 0 Å². The lowest BCUT2D eigenvalue weighted by molar-refractivity contribution is -0.777. The number of piperidine rings is 1. The van der Waals surface area contributed by atoms with E-state index in [9.17, 15) is 5.26 Å². The van der Waals surface area contributed by atoms with E-state index in [-0.39, 0.29) is 0 Å². The molecular weight excluding hydrogens is 202 g/mol. The van der Waals surface area contributed by atoms with Crippen LogP contribution in [0.5, 0.6) is 0 Å². The van der Waals surface area contributed by atoms with Gasteiger partial charge in [0.1, 0.15) is 12.2 Å². The van der Waals surface area contributed by atoms with Crippen molar-refractivity contribution in [1.29, 1.82) is 0 Å². The number of nitrogens with zero attached hydrogens (tertiary/aromatic N) is 1. The van der Waals surface area contributed by atoms with Gasteiger partial charge in [-0.1, -0.05) is 12.8 Å². The molecule has 2 aliphatic rings. The lowest BCUT2D eigenvalue weighted by Crippen LogP contribution is -2.43. The molecular formula is C9H16NO3S-. The van der Waals surface area contributed by atoms with E-state index in [1.165, 1.54) is 38.5 Å². The molecule has 2 rings (SSSR count). The SMILES string of the molecule is [O-]OOSN1CCCC2CCCCC21. The van der Waals surface area contributed by atoms with Gasteiger partial charge in [0, 0.05) is 12.6 Å². The van der Waals surface area contributed by atoms with Crippen LogP contribution in [0.15, 0.2) is 0 Å². The average molecular weight is 218 g/mol. The lowest BCUT2D eigenvalue weighted by atomic mass is 9.79. The van der Waals surface area contributed by atoms with Crippen molar-refractivity contribution in [2.24, 2.45) is 5.92 Å². The summed E-state index contributed by atoms with van der Waals surface area (Å²) in [5.41, 5.74) is 0. The summed E-state index contributed by atoms with van der Waals surface area (Å²) in [4.78, 5) is 0. The molecule has 0 N–H and O–H groups in total. The summed E-state index contributed by atoms with van der Waals surface area (Å²) in [6.07, 6.45) is 7.77. The van der Waals surface area contributed by atoms with Crippen molar-refractivity contribution in [2.75, 3.05) is 6.54 Å². The molecule has 1 saturated heterocycles. The molecule has 0 aromatic carbocycles. The quantitative estimate of drug-likeness (QED) is 0.310. The summed E-state index contributed by atoms with van der Waals surface area (Å²) in [6.45, 7) is 1.01. The van der Waals surface area contributed by atoms with E-state index in [4.69, 9.17) is 0 Å². The van der Waals surface area contributed by atoms with Gasteiger partial charge in [0.2, 0.25) is 0 Å². The molecule has 0 aromatic rings. The van der Waals surface area contributed by atoms with Crippen LogP contribution in [0.3, 0.4) is 0 Å². The molecule has 0 spiro atoms. The zero-order valence-corrected chi connectivity index (χ0v) is 9.00. The Kier molecular flexibility index (Phi) is 4.07. The molecule has 1 aliphatic carbocycles. The maximum Gasteiger partial charge on any atom is 0.120 e. The second kappa shape index (κ2) is 5.32. The van der Waals surface area contributed by atoms with E-state index in [0.717, 1.165) is 24.7 Å². The highest BCUT2D eigenvalue weighted by atomic mass is 32.2. The molecule has 5 heteroatoms. The minimum absolute atomic E-state index is 0.595. The maximum atomic E-state index is 9.76. The third kappa shape index (κ3) is 2.41. The van der Waals surface area contributed by atoms with E-state index in [2.05, 4.69) is 13.7 Å². The predicted molar refractivity (Wildman–Crippen MR) is 51.4 cm³/mol. The first-order chi connectivity index (χ1) is 6.92. The first kappa shape index (κ1) is 10.7. The van der Waals surface area contributed by atoms with Gasteiger partial charge in [-0.3, -0.25) is 5.04 Å². The van der Waals surface area contributed by atoms with E-state index in [0.29, 0.717) is 6.04 Å². The Balaban J connectivity index is 1.88. The molecule has 1 aliphatic heterocycles. The van der Waals surface area contributed by atoms with Crippen LogP contribution in [-0.2, 0) is 9.37 Å². The fraction of sp³-hybridized carbons (Fsp3) is 1.00. The number of hydrogen-bond donors (Lipinski definition) is 0. The van der Waals surface area contributed by atoms with Crippen LogP contribution >= 0.6 is 12.2 Å². The molecule has 0 radical (unpaired) electrons. The van der Waals surface area contributed by atoms with Crippen molar-refractivity contribution in [2.45, 2.75) is 44.6 Å². The Morgan fingerprint density at radius 3 is 2.79 bits per heavy atom. The Hall–Kier alpha value is 0.190. The topological polar surface area (TPSA) is 44.8 Å². The molecule has 0 amide bonds. The number of hydrogen-bond acceptors (Lipinski definition) is 5. The van der Waals surface area contributed by atoms with Crippen molar-refractivity contribution in [1.82, 2.24) is 4.31 Å². The van der Waals surface area contributed by atoms with Crippen LogP contribution in [-0.4, -0.2) is 16.9 Å². The van der Waals surface area contributed by atoms with E-state index < -0.39 is 0 Å². The Morgan fingerprint density at radius 2 is 1.93 bits per heavy atom. The third-order valence-corrected chi connectivity index (χ3v) is 4.11. The van der Waals surface area contributed by atoms with Gasteiger partial charge < -0.3 is 5.26 Å². The highest BCUT2D eigenvalue weighted by Crippen LogP contribution is 2.38. The number of fused-ring (bicyclic) bond motifs is 1. The van der Waals surface area contributed by atoms with Crippen molar-refractivity contribution in [3.8, 4) is 0 Å². The van der Waals surface area contributed by atoms with Crippen LogP contribution in [0.25, 0.3) is 0 Å². The third-order valence-electron chi connectivity index (χ3n) is 3.35. The van der Waals surface area contributed by atoms with Crippen LogP contribution in [0.4, 0.5) is 0 Å². The molecule has 0 bridgehead atoms. The van der Waals surface area contributed by atoms with Gasteiger partial charge in [-0.15, -0.1) is 0 Å². The standard InChI is InChI=1S/C9H17NO3S/c11-12-13-14-10-7-3-5-8-4-1-2-6-9(8)10/h8-9,11H,1-7H2/p-1. The Labute approximate surface area is 88.8 Å². The molecule has 1 saturated carbocycles. The molecule has 0 aromatic heterocycles. The normalized spacial score (nSPS) is 34.1. The van der Waals surface area contributed by atoms with Crippen LogP contribution in [0, 0.1) is 5.92 Å². The fourth-order valence-electron chi connectivity index (χ4n) is 2.72. The van der Waals surface area contributed by atoms with Crippen molar-refractivity contribution < 1.29 is 14.6 Å². The van der Waals surface area contributed by atoms with Crippen LogP contribution in [0.2, 0.25) is 0 Å². The Morgan fingerprint density at radius 1 is 1.14 bits per heavy atom. The van der Waals surface area contributed by atoms with Crippen LogP contribution in [0.1, 0.15) is 38.5 Å². The molecule has 14 heavy (non-hydrogen) atoms. The molecule has 4 nitrogen and oxygen atoms in total. The summed E-state index contributed by atoms with van der Waals surface area (Å²) in [6, 6.07) is 0.595. The highest BCUT2D eigenvalue weighted by molar-refractivity contribution is 7.92. The van der Waals surface area contributed by atoms with E-state index in [1.807, 2.05) is 0 Å². The van der Waals surface area contributed by atoms with Gasteiger partial charge in [-0.2, -0.15) is 4.33 Å². The summed E-state index contributed by atoms with van der Waals surface area (Å²) < 4.78 is 6.58. The summed E-state index contributed by atoms with van der Waals surface area (Å²) in [5.74, 6) is 0.806. The smallest absolute Gasteiger partial charge is 0.120 e. The Bertz CT molecular complexity index is 179. The predicted octanol–water partition coefficient (Wildman–Crippen LogP) is 1.43.